The molecule has 0 aromatic carbocycles. The van der Waals surface area contributed by atoms with Crippen LogP contribution in [-0.4, -0.2) is 53.3 Å². The highest BCUT2D eigenvalue weighted by Crippen LogP contribution is 2.08. The minimum Gasteiger partial charge on any atom is -0.394 e. The average molecular weight is 250 g/mol. The van der Waals surface area contributed by atoms with E-state index in [1.54, 1.807) is 17.3 Å². The van der Waals surface area contributed by atoms with E-state index in [-0.39, 0.29) is 18.6 Å². The molecule has 1 atom stereocenters. The molecule has 1 amide bonds. The van der Waals surface area contributed by atoms with E-state index in [1.807, 2.05) is 12.1 Å². The highest BCUT2D eigenvalue weighted by molar-refractivity contribution is 5.76. The number of morpholine rings is 1. The van der Waals surface area contributed by atoms with Crippen LogP contribution in [0.5, 0.6) is 0 Å². The van der Waals surface area contributed by atoms with Gasteiger partial charge in [0, 0.05) is 31.9 Å². The molecule has 18 heavy (non-hydrogen) atoms. The van der Waals surface area contributed by atoms with Gasteiger partial charge in [-0.2, -0.15) is 0 Å². The fourth-order valence-corrected chi connectivity index (χ4v) is 2.02. The van der Waals surface area contributed by atoms with E-state index in [9.17, 15) is 4.79 Å². The van der Waals surface area contributed by atoms with Crippen molar-refractivity contribution in [3.63, 3.8) is 0 Å². The molecule has 1 aliphatic heterocycles. The number of hydrogen-bond acceptors (Lipinski definition) is 4. The van der Waals surface area contributed by atoms with Gasteiger partial charge in [-0.05, 0) is 24.1 Å². The molecule has 98 valence electrons. The van der Waals surface area contributed by atoms with Gasteiger partial charge in [-0.25, -0.2) is 0 Å². The van der Waals surface area contributed by atoms with Crippen LogP contribution in [0.15, 0.2) is 24.5 Å². The van der Waals surface area contributed by atoms with E-state index in [0.717, 1.165) is 12.0 Å². The Morgan fingerprint density at radius 3 is 3.00 bits per heavy atom. The first-order valence-corrected chi connectivity index (χ1v) is 6.18. The summed E-state index contributed by atoms with van der Waals surface area (Å²) in [6, 6.07) is 3.84. The number of aryl methyl sites for hydroxylation is 1. The number of aliphatic hydroxyl groups is 1. The van der Waals surface area contributed by atoms with Crippen LogP contribution >= 0.6 is 0 Å². The summed E-state index contributed by atoms with van der Waals surface area (Å²) in [5.74, 6) is 0.119. The minimum atomic E-state index is -0.233. The van der Waals surface area contributed by atoms with Crippen molar-refractivity contribution in [2.75, 3.05) is 26.3 Å². The van der Waals surface area contributed by atoms with E-state index >= 15 is 0 Å². The highest BCUT2D eigenvalue weighted by Gasteiger charge is 2.23. The number of amides is 1. The summed E-state index contributed by atoms with van der Waals surface area (Å²) in [7, 11) is 0. The first-order chi connectivity index (χ1) is 8.79. The number of ether oxygens (including phenoxy) is 1. The third kappa shape index (κ3) is 3.51. The van der Waals surface area contributed by atoms with E-state index in [1.165, 1.54) is 0 Å². The first-order valence-electron chi connectivity index (χ1n) is 6.18. The number of aromatic nitrogens is 1. The van der Waals surface area contributed by atoms with Gasteiger partial charge in [-0.1, -0.05) is 0 Å². The molecule has 0 saturated carbocycles. The molecule has 2 heterocycles. The zero-order valence-corrected chi connectivity index (χ0v) is 10.3. The fourth-order valence-electron chi connectivity index (χ4n) is 2.02. The van der Waals surface area contributed by atoms with Gasteiger partial charge in [-0.3, -0.25) is 9.78 Å². The zero-order valence-electron chi connectivity index (χ0n) is 10.3. The predicted octanol–water partition coefficient (Wildman–Crippen LogP) is 0.234. The van der Waals surface area contributed by atoms with Gasteiger partial charge in [0.25, 0.3) is 0 Å². The van der Waals surface area contributed by atoms with Crippen molar-refractivity contribution in [3.8, 4) is 0 Å². The van der Waals surface area contributed by atoms with Crippen LogP contribution in [0.2, 0.25) is 0 Å². The quantitative estimate of drug-likeness (QED) is 0.831. The van der Waals surface area contributed by atoms with Crippen LogP contribution < -0.4 is 0 Å². The molecule has 0 aliphatic carbocycles. The molecule has 2 rings (SSSR count). The molecule has 0 radical (unpaired) electrons. The monoisotopic (exact) mass is 250 g/mol. The Morgan fingerprint density at radius 1 is 1.50 bits per heavy atom. The topological polar surface area (TPSA) is 62.7 Å². The second-order valence-electron chi connectivity index (χ2n) is 4.37. The Hall–Kier alpha value is -1.46. The Balaban J connectivity index is 1.81. The SMILES string of the molecule is O=C(CCc1ccncc1)N1CCOC(CO)C1. The van der Waals surface area contributed by atoms with Crippen LogP contribution in [0.25, 0.3) is 0 Å². The van der Waals surface area contributed by atoms with E-state index in [2.05, 4.69) is 4.98 Å². The summed E-state index contributed by atoms with van der Waals surface area (Å²) in [5.41, 5.74) is 1.12. The summed E-state index contributed by atoms with van der Waals surface area (Å²) >= 11 is 0. The predicted molar refractivity (Wildman–Crippen MR) is 66.0 cm³/mol. The number of rotatable bonds is 4. The molecule has 1 unspecified atom stereocenters. The molecular formula is C13H18N2O3. The van der Waals surface area contributed by atoms with Crippen LogP contribution in [0.3, 0.4) is 0 Å². The van der Waals surface area contributed by atoms with Crippen LogP contribution in [-0.2, 0) is 16.0 Å². The summed E-state index contributed by atoms with van der Waals surface area (Å²) in [6.45, 7) is 1.58. The fraction of sp³-hybridized carbons (Fsp3) is 0.538. The largest absolute Gasteiger partial charge is 0.394 e. The molecule has 5 heteroatoms. The van der Waals surface area contributed by atoms with E-state index < -0.39 is 0 Å². The lowest BCUT2D eigenvalue weighted by molar-refractivity contribution is -0.140. The van der Waals surface area contributed by atoms with E-state index in [4.69, 9.17) is 9.84 Å². The lowest BCUT2D eigenvalue weighted by atomic mass is 10.1. The van der Waals surface area contributed by atoms with Gasteiger partial charge >= 0.3 is 0 Å². The maximum atomic E-state index is 12.0. The normalized spacial score (nSPS) is 19.8. The maximum absolute atomic E-state index is 12.0. The van der Waals surface area contributed by atoms with Crippen molar-refractivity contribution in [3.05, 3.63) is 30.1 Å². The van der Waals surface area contributed by atoms with Crippen molar-refractivity contribution < 1.29 is 14.6 Å². The summed E-state index contributed by atoms with van der Waals surface area (Å²) in [5, 5.41) is 9.03. The number of nitrogens with zero attached hydrogens (tertiary/aromatic N) is 2. The Labute approximate surface area is 106 Å². The van der Waals surface area contributed by atoms with Crippen molar-refractivity contribution >= 4 is 5.91 Å². The molecule has 1 aliphatic rings. The van der Waals surface area contributed by atoms with Gasteiger partial charge in [0.2, 0.25) is 5.91 Å². The second-order valence-corrected chi connectivity index (χ2v) is 4.37. The second kappa shape index (κ2) is 6.47. The third-order valence-electron chi connectivity index (χ3n) is 3.07. The summed E-state index contributed by atoms with van der Waals surface area (Å²) in [4.78, 5) is 17.7. The molecule has 0 bridgehead atoms. The Bertz CT molecular complexity index is 383. The average Bonchev–Trinajstić information content (AvgIpc) is 2.46. The lowest BCUT2D eigenvalue weighted by Crippen LogP contribution is -2.46. The smallest absolute Gasteiger partial charge is 0.223 e. The van der Waals surface area contributed by atoms with Crippen molar-refractivity contribution in [1.82, 2.24) is 9.88 Å². The van der Waals surface area contributed by atoms with Crippen LogP contribution in [0.1, 0.15) is 12.0 Å². The summed E-state index contributed by atoms with van der Waals surface area (Å²) < 4.78 is 5.32. The van der Waals surface area contributed by atoms with Crippen LogP contribution in [0, 0.1) is 0 Å². The molecule has 1 N–H and O–H groups in total. The maximum Gasteiger partial charge on any atom is 0.223 e. The number of carbonyl (C=O) groups excluding carboxylic acids is 1. The lowest BCUT2D eigenvalue weighted by Gasteiger charge is -2.32. The standard InChI is InChI=1S/C13H18N2O3/c16-10-12-9-15(7-8-18-12)13(17)2-1-11-3-5-14-6-4-11/h3-6,12,16H,1-2,7-10H2. The molecular weight excluding hydrogens is 232 g/mol. The van der Waals surface area contributed by atoms with Gasteiger partial charge in [-0.15, -0.1) is 0 Å². The number of pyridine rings is 1. The van der Waals surface area contributed by atoms with E-state index in [0.29, 0.717) is 26.1 Å². The number of carbonyl (C=O) groups is 1. The Kier molecular flexibility index (Phi) is 4.66. The van der Waals surface area contributed by atoms with Crippen molar-refractivity contribution in [1.29, 1.82) is 0 Å². The molecule has 1 fully saturated rings. The zero-order chi connectivity index (χ0) is 12.8. The molecule has 1 aromatic rings. The first kappa shape index (κ1) is 13.0. The van der Waals surface area contributed by atoms with Gasteiger partial charge in [0.1, 0.15) is 0 Å². The molecule has 1 saturated heterocycles. The summed E-state index contributed by atoms with van der Waals surface area (Å²) in [6.07, 6.45) is 4.45. The minimum absolute atomic E-state index is 0.0336. The number of aliphatic hydroxyl groups excluding tert-OH is 1. The molecule has 5 nitrogen and oxygen atoms in total. The van der Waals surface area contributed by atoms with Gasteiger partial charge < -0.3 is 14.7 Å². The van der Waals surface area contributed by atoms with Crippen molar-refractivity contribution in [2.45, 2.75) is 18.9 Å². The molecule has 0 spiro atoms. The Morgan fingerprint density at radius 2 is 2.28 bits per heavy atom. The van der Waals surface area contributed by atoms with Crippen LogP contribution in [0.4, 0.5) is 0 Å². The third-order valence-corrected chi connectivity index (χ3v) is 3.07. The van der Waals surface area contributed by atoms with Crippen molar-refractivity contribution in [2.24, 2.45) is 0 Å². The van der Waals surface area contributed by atoms with Gasteiger partial charge in [0.15, 0.2) is 0 Å². The highest BCUT2D eigenvalue weighted by atomic mass is 16.5. The molecule has 1 aromatic heterocycles. The van der Waals surface area contributed by atoms with Gasteiger partial charge in [0.05, 0.1) is 19.3 Å². The number of hydrogen-bond donors (Lipinski definition) is 1.